The third-order valence-corrected chi connectivity index (χ3v) is 22.1. The minimum absolute atomic E-state index is 0.106. The van der Waals surface area contributed by atoms with E-state index in [1.54, 1.807) is 0 Å². The molecule has 0 amide bonds. The summed E-state index contributed by atoms with van der Waals surface area (Å²) in [5.74, 6) is 0.318. The highest BCUT2D eigenvalue weighted by Crippen LogP contribution is 2.45. The highest BCUT2D eigenvalue weighted by molar-refractivity contribution is 7.47. The van der Waals surface area contributed by atoms with E-state index < -0.39 is 97.5 Å². The molecule has 0 heterocycles. The van der Waals surface area contributed by atoms with Gasteiger partial charge in [-0.05, 0) is 43.4 Å². The predicted molar refractivity (Wildman–Crippen MR) is 428 cm³/mol. The van der Waals surface area contributed by atoms with Crippen LogP contribution in [-0.4, -0.2) is 96.7 Å². The highest BCUT2D eigenvalue weighted by atomic mass is 31.2. The standard InChI is InChI=1S/C85H166O17P2/c1-8-10-11-12-13-14-15-30-38-45-52-59-66-82(87)95-73-81(102-85(90)69-62-55-48-41-34-33-36-43-50-57-64-77(5)6)75-100-104(93,94)98-71-79(86)70-97-103(91,92)99-74-80(72-96-83(88)67-60-53-46-39-31-26-23-22-25-29-37-44-51-58-65-78(7)9-2)101-84(89)68-61-54-47-40-32-27-21-19-17-16-18-20-24-28-35-42-49-56-63-76(3)4/h76-81,86H,8-75H2,1-7H3,(H,91,92)(H,93,94)/t78?,79-,80-,81-/m1/s1. The van der Waals surface area contributed by atoms with Gasteiger partial charge in [-0.2, -0.15) is 0 Å². The molecule has 0 fully saturated rings. The van der Waals surface area contributed by atoms with Crippen LogP contribution in [0.5, 0.6) is 0 Å². The van der Waals surface area contributed by atoms with E-state index in [-0.39, 0.29) is 25.7 Å². The SMILES string of the molecule is CCCCCCCCCCCCCCC(=O)OC[C@H](COP(=O)(O)OC[C@H](O)COP(=O)(O)OC[C@@H](COC(=O)CCCCCCCCCCCCCCCCC(C)CC)OC(=O)CCCCCCCCCCCCCCCCCCCCC(C)C)OC(=O)CCCCCCCCCCCCC(C)C. The first kappa shape index (κ1) is 102. The molecule has 618 valence electrons. The van der Waals surface area contributed by atoms with Crippen molar-refractivity contribution in [1.29, 1.82) is 0 Å². The molecule has 0 aliphatic rings. The summed E-state index contributed by atoms with van der Waals surface area (Å²) in [6.07, 6.45) is 65.1. The van der Waals surface area contributed by atoms with E-state index in [1.165, 1.54) is 257 Å². The van der Waals surface area contributed by atoms with Gasteiger partial charge in [0.25, 0.3) is 0 Å². The Bertz CT molecular complexity index is 2010. The summed E-state index contributed by atoms with van der Waals surface area (Å²) in [6.45, 7) is 12.1. The summed E-state index contributed by atoms with van der Waals surface area (Å²) in [5, 5.41) is 10.7. The first-order valence-electron chi connectivity index (χ1n) is 43.9. The molecule has 0 saturated carbocycles. The molecule has 0 radical (unpaired) electrons. The van der Waals surface area contributed by atoms with E-state index in [0.29, 0.717) is 25.7 Å². The van der Waals surface area contributed by atoms with E-state index in [1.807, 2.05) is 0 Å². The minimum atomic E-state index is -4.97. The zero-order valence-corrected chi connectivity index (χ0v) is 70.3. The number of aliphatic hydroxyl groups excluding tert-OH is 1. The Morgan fingerprint density at radius 1 is 0.279 bits per heavy atom. The Kier molecular flexibility index (Phi) is 73.7. The van der Waals surface area contributed by atoms with Crippen molar-refractivity contribution < 1.29 is 80.2 Å². The van der Waals surface area contributed by atoms with Gasteiger partial charge < -0.3 is 33.8 Å². The van der Waals surface area contributed by atoms with Gasteiger partial charge in [-0.15, -0.1) is 0 Å². The predicted octanol–water partition coefficient (Wildman–Crippen LogP) is 25.7. The Labute approximate surface area is 638 Å². The fourth-order valence-electron chi connectivity index (χ4n) is 13.2. The Morgan fingerprint density at radius 3 is 0.731 bits per heavy atom. The van der Waals surface area contributed by atoms with Crippen molar-refractivity contribution in [3.63, 3.8) is 0 Å². The topological polar surface area (TPSA) is 237 Å². The molecule has 104 heavy (non-hydrogen) atoms. The van der Waals surface area contributed by atoms with Gasteiger partial charge in [-0.25, -0.2) is 9.13 Å². The molecule has 3 unspecified atom stereocenters. The second-order valence-corrected chi connectivity index (χ2v) is 34.7. The molecular weight excluding hydrogens is 1350 g/mol. The summed E-state index contributed by atoms with van der Waals surface area (Å²) in [6, 6.07) is 0. The highest BCUT2D eigenvalue weighted by Gasteiger charge is 2.30. The zero-order valence-electron chi connectivity index (χ0n) is 68.5. The number of unbranched alkanes of at least 4 members (excludes halogenated alkanes) is 50. The number of carbonyl (C=O) groups excluding carboxylic acids is 4. The van der Waals surface area contributed by atoms with Crippen molar-refractivity contribution in [3.8, 4) is 0 Å². The fourth-order valence-corrected chi connectivity index (χ4v) is 14.7. The van der Waals surface area contributed by atoms with E-state index in [2.05, 4.69) is 48.5 Å². The largest absolute Gasteiger partial charge is 0.472 e. The van der Waals surface area contributed by atoms with Gasteiger partial charge in [0.15, 0.2) is 12.2 Å². The lowest BCUT2D eigenvalue weighted by atomic mass is 9.99. The molecule has 17 nitrogen and oxygen atoms in total. The second kappa shape index (κ2) is 75.1. The normalized spacial score (nSPS) is 14.2. The Morgan fingerprint density at radius 2 is 0.490 bits per heavy atom. The number of phosphoric ester groups is 2. The van der Waals surface area contributed by atoms with Crippen molar-refractivity contribution in [2.45, 2.75) is 465 Å². The number of hydrogen-bond donors (Lipinski definition) is 3. The molecule has 0 spiro atoms. The van der Waals surface area contributed by atoms with Crippen LogP contribution >= 0.6 is 15.6 Å². The van der Waals surface area contributed by atoms with Gasteiger partial charge in [0, 0.05) is 25.7 Å². The lowest BCUT2D eigenvalue weighted by molar-refractivity contribution is -0.161. The van der Waals surface area contributed by atoms with Gasteiger partial charge in [0.1, 0.15) is 19.3 Å². The van der Waals surface area contributed by atoms with Crippen molar-refractivity contribution in [1.82, 2.24) is 0 Å². The summed E-state index contributed by atoms with van der Waals surface area (Å²) < 4.78 is 68.9. The number of rotatable bonds is 83. The number of hydrogen-bond acceptors (Lipinski definition) is 15. The maximum atomic E-state index is 13.1. The smallest absolute Gasteiger partial charge is 0.462 e. The first-order valence-corrected chi connectivity index (χ1v) is 46.9. The van der Waals surface area contributed by atoms with E-state index in [9.17, 15) is 43.2 Å². The lowest BCUT2D eigenvalue weighted by Gasteiger charge is -2.21. The molecule has 0 aliphatic heterocycles. The molecule has 0 aliphatic carbocycles. The maximum Gasteiger partial charge on any atom is 0.472 e. The van der Waals surface area contributed by atoms with Gasteiger partial charge in [-0.3, -0.25) is 37.3 Å². The van der Waals surface area contributed by atoms with Crippen molar-refractivity contribution in [3.05, 3.63) is 0 Å². The Hall–Kier alpha value is -1.94. The van der Waals surface area contributed by atoms with Crippen LogP contribution in [0.25, 0.3) is 0 Å². The van der Waals surface area contributed by atoms with Crippen LogP contribution in [0.15, 0.2) is 0 Å². The van der Waals surface area contributed by atoms with E-state index >= 15 is 0 Å². The molecule has 6 atom stereocenters. The van der Waals surface area contributed by atoms with Crippen LogP contribution in [0.1, 0.15) is 447 Å². The zero-order chi connectivity index (χ0) is 76.5. The fraction of sp³-hybridized carbons (Fsp3) is 0.953. The quantitative estimate of drug-likeness (QED) is 0.0222. The van der Waals surface area contributed by atoms with Crippen molar-refractivity contribution in [2.24, 2.45) is 17.8 Å². The van der Waals surface area contributed by atoms with Crippen LogP contribution in [0, 0.1) is 17.8 Å². The maximum absolute atomic E-state index is 13.1. The average Bonchev–Trinajstić information content (AvgIpc) is 0.904. The van der Waals surface area contributed by atoms with Crippen LogP contribution in [0.4, 0.5) is 0 Å². The van der Waals surface area contributed by atoms with E-state index in [4.69, 9.17) is 37.0 Å². The molecular formula is C85H166O17P2. The molecule has 3 N–H and O–H groups in total. The summed E-state index contributed by atoms with van der Waals surface area (Å²) in [7, 11) is -9.93. The Balaban J connectivity index is 5.24. The van der Waals surface area contributed by atoms with Gasteiger partial charge >= 0.3 is 39.5 Å². The van der Waals surface area contributed by atoms with Crippen LogP contribution in [0.2, 0.25) is 0 Å². The summed E-state index contributed by atoms with van der Waals surface area (Å²) in [5.41, 5.74) is 0. The number of esters is 4. The average molecular weight is 1520 g/mol. The van der Waals surface area contributed by atoms with Gasteiger partial charge in [0.05, 0.1) is 26.4 Å². The van der Waals surface area contributed by atoms with Crippen molar-refractivity contribution in [2.75, 3.05) is 39.6 Å². The number of carbonyl (C=O) groups is 4. The van der Waals surface area contributed by atoms with Crippen LogP contribution < -0.4 is 0 Å². The van der Waals surface area contributed by atoms with Crippen LogP contribution in [-0.2, 0) is 65.4 Å². The van der Waals surface area contributed by atoms with E-state index in [0.717, 1.165) is 108 Å². The van der Waals surface area contributed by atoms with Crippen LogP contribution in [0.3, 0.4) is 0 Å². The monoisotopic (exact) mass is 1520 g/mol. The van der Waals surface area contributed by atoms with Crippen molar-refractivity contribution >= 4 is 39.5 Å². The molecule has 19 heteroatoms. The van der Waals surface area contributed by atoms with Gasteiger partial charge in [0.2, 0.25) is 0 Å². The molecule has 0 aromatic carbocycles. The lowest BCUT2D eigenvalue weighted by Crippen LogP contribution is -2.30. The van der Waals surface area contributed by atoms with Gasteiger partial charge in [-0.1, -0.05) is 395 Å². The molecule has 0 bridgehead atoms. The minimum Gasteiger partial charge on any atom is -0.462 e. The number of aliphatic hydroxyl groups is 1. The molecule has 0 aromatic heterocycles. The summed E-state index contributed by atoms with van der Waals surface area (Å²) in [4.78, 5) is 73.2. The number of ether oxygens (including phenoxy) is 4. The first-order chi connectivity index (χ1) is 50.3. The summed E-state index contributed by atoms with van der Waals surface area (Å²) >= 11 is 0. The number of phosphoric acid groups is 2. The third-order valence-electron chi connectivity index (χ3n) is 20.2. The molecule has 0 rings (SSSR count). The molecule has 0 aromatic rings. The second-order valence-electron chi connectivity index (χ2n) is 31.8. The molecule has 0 saturated heterocycles. The third kappa shape index (κ3) is 76.8.